The van der Waals surface area contributed by atoms with Crippen molar-refractivity contribution in [3.63, 3.8) is 0 Å². The standard InChI is InChI=1S/C29H32N4O7/c1-17(2)12-23(27(35)31-15-21(29(37)38)19-7-10-24-25(14-19)40-16-39-24)33-26(34)13-18-5-8-20(9-6-18)32-28(36)22-4-3-11-30-22/h3-11,14,17,21,23,30H,12-13,15-16H2,1-2H3,(H,31,35)(H,32,36)(H,33,34)(H,37,38)/t21?,23-/m0/s1. The summed E-state index contributed by atoms with van der Waals surface area (Å²) in [5.74, 6) is -2.11. The normalized spacial score (nSPS) is 13.4. The maximum atomic E-state index is 13.1. The summed E-state index contributed by atoms with van der Waals surface area (Å²) < 4.78 is 10.6. The van der Waals surface area contributed by atoms with Gasteiger partial charge in [0.1, 0.15) is 11.7 Å². The molecular weight excluding hydrogens is 516 g/mol. The van der Waals surface area contributed by atoms with Crippen molar-refractivity contribution in [2.45, 2.75) is 38.6 Å². The van der Waals surface area contributed by atoms with Gasteiger partial charge in [-0.3, -0.25) is 19.2 Å². The molecule has 0 radical (unpaired) electrons. The zero-order valence-corrected chi connectivity index (χ0v) is 22.2. The third-order valence-corrected chi connectivity index (χ3v) is 6.36. The SMILES string of the molecule is CC(C)C[C@H](NC(=O)Cc1ccc(NC(=O)c2ccc[nH]2)cc1)C(=O)NCC(C(=O)O)c1ccc2c(c1)OCO2. The summed E-state index contributed by atoms with van der Waals surface area (Å²) in [6.45, 7) is 3.77. The Balaban J connectivity index is 1.33. The third-order valence-electron chi connectivity index (χ3n) is 6.36. The molecule has 40 heavy (non-hydrogen) atoms. The Labute approximate surface area is 231 Å². The summed E-state index contributed by atoms with van der Waals surface area (Å²) in [6.07, 6.45) is 2.07. The molecule has 2 aromatic carbocycles. The second-order valence-corrected chi connectivity index (χ2v) is 9.91. The number of hydrogen-bond donors (Lipinski definition) is 5. The van der Waals surface area contributed by atoms with Gasteiger partial charge >= 0.3 is 5.97 Å². The highest BCUT2D eigenvalue weighted by atomic mass is 16.7. The van der Waals surface area contributed by atoms with Crippen LogP contribution in [0.5, 0.6) is 11.5 Å². The molecule has 0 saturated carbocycles. The average Bonchev–Trinajstić information content (AvgIpc) is 3.61. The molecule has 1 unspecified atom stereocenters. The van der Waals surface area contributed by atoms with E-state index in [0.29, 0.717) is 40.4 Å². The smallest absolute Gasteiger partial charge is 0.312 e. The summed E-state index contributed by atoms with van der Waals surface area (Å²) in [5, 5.41) is 18.0. The molecule has 0 bridgehead atoms. The molecule has 0 aliphatic carbocycles. The molecule has 1 aliphatic rings. The Bertz CT molecular complexity index is 1350. The number of benzene rings is 2. The highest BCUT2D eigenvalue weighted by Crippen LogP contribution is 2.34. The van der Waals surface area contributed by atoms with Crippen LogP contribution >= 0.6 is 0 Å². The van der Waals surface area contributed by atoms with Gasteiger partial charge < -0.3 is 35.5 Å². The van der Waals surface area contributed by atoms with E-state index in [9.17, 15) is 24.3 Å². The van der Waals surface area contributed by atoms with Crippen molar-refractivity contribution in [2.24, 2.45) is 5.92 Å². The first-order valence-electron chi connectivity index (χ1n) is 12.9. The first-order valence-corrected chi connectivity index (χ1v) is 12.9. The minimum absolute atomic E-state index is 0.0294. The number of nitrogens with one attached hydrogen (secondary N) is 4. The summed E-state index contributed by atoms with van der Waals surface area (Å²) >= 11 is 0. The summed E-state index contributed by atoms with van der Waals surface area (Å²) in [6, 6.07) is 14.3. The number of carboxylic acid groups (broad SMARTS) is 1. The number of amides is 3. The Hall–Kier alpha value is -4.80. The molecule has 4 rings (SSSR count). The van der Waals surface area contributed by atoms with Gasteiger partial charge in [-0.1, -0.05) is 32.0 Å². The van der Waals surface area contributed by atoms with E-state index in [1.807, 2.05) is 13.8 Å². The van der Waals surface area contributed by atoms with Gasteiger partial charge in [0.2, 0.25) is 18.6 Å². The number of aromatic nitrogens is 1. The van der Waals surface area contributed by atoms with Gasteiger partial charge in [-0.05, 0) is 59.9 Å². The number of rotatable bonds is 12. The van der Waals surface area contributed by atoms with Crippen LogP contribution in [0.4, 0.5) is 5.69 Å². The molecule has 3 amide bonds. The molecule has 11 heteroatoms. The Morgan fingerprint density at radius 3 is 2.42 bits per heavy atom. The largest absolute Gasteiger partial charge is 0.481 e. The number of aromatic amines is 1. The topological polar surface area (TPSA) is 159 Å². The number of H-pyrrole nitrogens is 1. The van der Waals surface area contributed by atoms with Crippen LogP contribution in [-0.4, -0.2) is 53.2 Å². The molecule has 5 N–H and O–H groups in total. The van der Waals surface area contributed by atoms with Crippen molar-refractivity contribution in [1.82, 2.24) is 15.6 Å². The highest BCUT2D eigenvalue weighted by molar-refractivity contribution is 6.02. The number of hydrogen-bond acceptors (Lipinski definition) is 6. The van der Waals surface area contributed by atoms with Gasteiger partial charge in [-0.25, -0.2) is 0 Å². The molecule has 0 saturated heterocycles. The first-order chi connectivity index (χ1) is 19.2. The summed E-state index contributed by atoms with van der Waals surface area (Å²) in [7, 11) is 0. The van der Waals surface area contributed by atoms with Crippen molar-refractivity contribution < 1.29 is 33.8 Å². The fourth-order valence-electron chi connectivity index (χ4n) is 4.31. The van der Waals surface area contributed by atoms with E-state index in [0.717, 1.165) is 0 Å². The molecule has 2 heterocycles. The van der Waals surface area contributed by atoms with Crippen LogP contribution in [0.15, 0.2) is 60.8 Å². The van der Waals surface area contributed by atoms with Crippen LogP contribution in [0.25, 0.3) is 0 Å². The predicted molar refractivity (Wildman–Crippen MR) is 146 cm³/mol. The molecule has 210 valence electrons. The predicted octanol–water partition coefficient (Wildman–Crippen LogP) is 3.05. The second kappa shape index (κ2) is 12.8. The van der Waals surface area contributed by atoms with E-state index in [1.54, 1.807) is 60.8 Å². The van der Waals surface area contributed by atoms with E-state index >= 15 is 0 Å². The van der Waals surface area contributed by atoms with Gasteiger partial charge in [0, 0.05) is 18.4 Å². The summed E-state index contributed by atoms with van der Waals surface area (Å²) in [4.78, 5) is 52.9. The molecular formula is C29H32N4O7. The zero-order chi connectivity index (χ0) is 28.6. The lowest BCUT2D eigenvalue weighted by Gasteiger charge is -2.22. The zero-order valence-electron chi connectivity index (χ0n) is 22.2. The van der Waals surface area contributed by atoms with E-state index < -0.39 is 23.8 Å². The fourth-order valence-corrected chi connectivity index (χ4v) is 4.31. The monoisotopic (exact) mass is 548 g/mol. The van der Waals surface area contributed by atoms with Crippen molar-refractivity contribution in [1.29, 1.82) is 0 Å². The third kappa shape index (κ3) is 7.40. The number of carbonyl (C=O) groups excluding carboxylic acids is 3. The first kappa shape index (κ1) is 28.2. The fraction of sp³-hybridized carbons (Fsp3) is 0.310. The van der Waals surface area contributed by atoms with Gasteiger partial charge in [-0.15, -0.1) is 0 Å². The molecule has 3 aromatic rings. The van der Waals surface area contributed by atoms with Gasteiger partial charge in [0.15, 0.2) is 11.5 Å². The molecule has 0 spiro atoms. The van der Waals surface area contributed by atoms with Crippen molar-refractivity contribution in [3.05, 3.63) is 77.6 Å². The maximum absolute atomic E-state index is 13.1. The molecule has 0 fully saturated rings. The van der Waals surface area contributed by atoms with Crippen LogP contribution in [-0.2, 0) is 20.8 Å². The lowest BCUT2D eigenvalue weighted by molar-refractivity contribution is -0.139. The van der Waals surface area contributed by atoms with Crippen molar-refractivity contribution >= 4 is 29.4 Å². The number of aliphatic carboxylic acids is 1. The summed E-state index contributed by atoms with van der Waals surface area (Å²) in [5.41, 5.74) is 2.18. The van der Waals surface area contributed by atoms with Crippen molar-refractivity contribution in [2.75, 3.05) is 18.7 Å². The van der Waals surface area contributed by atoms with Gasteiger partial charge in [0.05, 0.1) is 12.3 Å². The average molecular weight is 549 g/mol. The quantitative estimate of drug-likeness (QED) is 0.233. The van der Waals surface area contributed by atoms with Crippen LogP contribution in [0.3, 0.4) is 0 Å². The second-order valence-electron chi connectivity index (χ2n) is 9.91. The van der Waals surface area contributed by atoms with Gasteiger partial charge in [0.25, 0.3) is 5.91 Å². The molecule has 11 nitrogen and oxygen atoms in total. The number of carbonyl (C=O) groups is 4. The van der Waals surface area contributed by atoms with Gasteiger partial charge in [-0.2, -0.15) is 0 Å². The van der Waals surface area contributed by atoms with E-state index in [1.165, 1.54) is 0 Å². The van der Waals surface area contributed by atoms with Crippen LogP contribution in [0.1, 0.15) is 47.8 Å². The number of fused-ring (bicyclic) bond motifs is 1. The van der Waals surface area contributed by atoms with Crippen molar-refractivity contribution in [3.8, 4) is 11.5 Å². The maximum Gasteiger partial charge on any atom is 0.312 e. The molecule has 2 atom stereocenters. The lowest BCUT2D eigenvalue weighted by atomic mass is 9.98. The number of carboxylic acids is 1. The Morgan fingerprint density at radius 1 is 1.00 bits per heavy atom. The Kier molecular flexibility index (Phi) is 9.05. The highest BCUT2D eigenvalue weighted by Gasteiger charge is 2.27. The minimum Gasteiger partial charge on any atom is -0.481 e. The van der Waals surface area contributed by atoms with E-state index in [4.69, 9.17) is 9.47 Å². The minimum atomic E-state index is -1.10. The lowest BCUT2D eigenvalue weighted by Crippen LogP contribution is -2.49. The Morgan fingerprint density at radius 2 is 1.75 bits per heavy atom. The number of anilines is 1. The van der Waals surface area contributed by atoms with E-state index in [-0.39, 0.29) is 37.5 Å². The van der Waals surface area contributed by atoms with Crippen LogP contribution in [0.2, 0.25) is 0 Å². The molecule has 1 aromatic heterocycles. The van der Waals surface area contributed by atoms with E-state index in [2.05, 4.69) is 20.9 Å². The van der Waals surface area contributed by atoms with Crippen LogP contribution < -0.4 is 25.4 Å². The molecule has 1 aliphatic heterocycles. The van der Waals surface area contributed by atoms with Crippen LogP contribution in [0, 0.1) is 5.92 Å². The number of ether oxygens (including phenoxy) is 2.